The normalized spacial score (nSPS) is 10.8. The third-order valence-corrected chi connectivity index (χ3v) is 5.07. The van der Waals surface area contributed by atoms with E-state index in [-0.39, 0.29) is 5.91 Å². The maximum absolute atomic E-state index is 12.3. The first-order valence-electron chi connectivity index (χ1n) is 7.41. The number of benzene rings is 1. The molecule has 0 aliphatic rings. The van der Waals surface area contributed by atoms with Gasteiger partial charge < -0.3 is 5.32 Å². The number of nitrogens with zero attached hydrogens (tertiary/aromatic N) is 1. The van der Waals surface area contributed by atoms with E-state index in [4.69, 9.17) is 0 Å². The standard InChI is InChI=1S/C18H18N2OS2/c21-18(19-15-6-2-1-3-7-15)14-20(12-16-8-4-10-22-16)13-17-9-5-11-23-17/h1-11H,12-14H2,(H,19,21). The van der Waals surface area contributed by atoms with Crippen LogP contribution < -0.4 is 5.32 Å². The minimum atomic E-state index is 0.0179. The Morgan fingerprint density at radius 3 is 2.00 bits per heavy atom. The van der Waals surface area contributed by atoms with Crippen LogP contribution in [-0.4, -0.2) is 17.4 Å². The molecule has 0 aliphatic carbocycles. The quantitative estimate of drug-likeness (QED) is 0.688. The van der Waals surface area contributed by atoms with Crippen molar-refractivity contribution in [3.63, 3.8) is 0 Å². The molecule has 0 saturated heterocycles. The lowest BCUT2D eigenvalue weighted by Crippen LogP contribution is -2.32. The van der Waals surface area contributed by atoms with Gasteiger partial charge in [0.1, 0.15) is 0 Å². The van der Waals surface area contributed by atoms with Crippen LogP contribution in [0.5, 0.6) is 0 Å². The predicted octanol–water partition coefficient (Wildman–Crippen LogP) is 4.45. The SMILES string of the molecule is O=C(CN(Cc1cccs1)Cc1cccs1)Nc1ccccc1. The number of thiophene rings is 2. The zero-order valence-electron chi connectivity index (χ0n) is 12.6. The minimum Gasteiger partial charge on any atom is -0.325 e. The van der Waals surface area contributed by atoms with Gasteiger partial charge in [0.25, 0.3) is 0 Å². The molecular weight excluding hydrogens is 324 g/mol. The number of rotatable bonds is 7. The number of anilines is 1. The molecule has 2 aromatic heterocycles. The van der Waals surface area contributed by atoms with E-state index in [1.807, 2.05) is 42.5 Å². The fourth-order valence-corrected chi connectivity index (χ4v) is 3.83. The molecule has 3 aromatic rings. The Morgan fingerprint density at radius 1 is 0.870 bits per heavy atom. The molecule has 0 radical (unpaired) electrons. The van der Waals surface area contributed by atoms with E-state index < -0.39 is 0 Å². The van der Waals surface area contributed by atoms with Crippen LogP contribution in [0.3, 0.4) is 0 Å². The highest BCUT2D eigenvalue weighted by atomic mass is 32.1. The third-order valence-electron chi connectivity index (χ3n) is 3.34. The number of hydrogen-bond acceptors (Lipinski definition) is 4. The maximum Gasteiger partial charge on any atom is 0.238 e. The Bertz CT molecular complexity index is 673. The highest BCUT2D eigenvalue weighted by Crippen LogP contribution is 2.17. The van der Waals surface area contributed by atoms with Crippen LogP contribution in [0.15, 0.2) is 65.4 Å². The molecule has 118 valence electrons. The summed E-state index contributed by atoms with van der Waals surface area (Å²) in [6.45, 7) is 1.96. The predicted molar refractivity (Wildman–Crippen MR) is 97.8 cm³/mol. The van der Waals surface area contributed by atoms with Crippen LogP contribution in [-0.2, 0) is 17.9 Å². The summed E-state index contributed by atoms with van der Waals surface area (Å²) in [5.74, 6) is 0.0179. The smallest absolute Gasteiger partial charge is 0.238 e. The van der Waals surface area contributed by atoms with Gasteiger partial charge in [-0.15, -0.1) is 22.7 Å². The molecule has 1 N–H and O–H groups in total. The molecule has 0 bridgehead atoms. The first-order chi connectivity index (χ1) is 11.3. The highest BCUT2D eigenvalue weighted by Gasteiger charge is 2.13. The van der Waals surface area contributed by atoms with Crippen LogP contribution in [0.4, 0.5) is 5.69 Å². The minimum absolute atomic E-state index is 0.0179. The number of nitrogens with one attached hydrogen (secondary N) is 1. The Kier molecular flexibility index (Phi) is 5.58. The van der Waals surface area contributed by atoms with Crippen molar-refractivity contribution in [3.05, 3.63) is 75.1 Å². The Morgan fingerprint density at radius 2 is 1.48 bits per heavy atom. The van der Waals surface area contributed by atoms with Crippen molar-refractivity contribution in [1.82, 2.24) is 4.90 Å². The van der Waals surface area contributed by atoms with Crippen molar-refractivity contribution >= 4 is 34.3 Å². The fraction of sp³-hybridized carbons (Fsp3) is 0.167. The number of hydrogen-bond donors (Lipinski definition) is 1. The molecule has 0 saturated carbocycles. The first-order valence-corrected chi connectivity index (χ1v) is 9.17. The average molecular weight is 342 g/mol. The van der Waals surface area contributed by atoms with E-state index in [0.29, 0.717) is 6.54 Å². The van der Waals surface area contributed by atoms with Crippen LogP contribution in [0, 0.1) is 0 Å². The summed E-state index contributed by atoms with van der Waals surface area (Å²) >= 11 is 3.45. The summed E-state index contributed by atoms with van der Waals surface area (Å²) in [6.07, 6.45) is 0. The summed E-state index contributed by atoms with van der Waals surface area (Å²) in [7, 11) is 0. The molecule has 0 unspecified atom stereocenters. The summed E-state index contributed by atoms with van der Waals surface area (Å²) in [6, 6.07) is 17.9. The van der Waals surface area contributed by atoms with Gasteiger partial charge in [0, 0.05) is 28.5 Å². The molecule has 2 heterocycles. The Labute approximate surface area is 144 Å². The topological polar surface area (TPSA) is 32.3 Å². The zero-order chi connectivity index (χ0) is 15.9. The third kappa shape index (κ3) is 5.03. The van der Waals surface area contributed by atoms with Crippen molar-refractivity contribution in [2.24, 2.45) is 0 Å². The first kappa shape index (κ1) is 15.9. The van der Waals surface area contributed by atoms with Gasteiger partial charge in [0.05, 0.1) is 6.54 Å². The van der Waals surface area contributed by atoms with Gasteiger partial charge in [-0.3, -0.25) is 9.69 Å². The molecule has 1 aromatic carbocycles. The van der Waals surface area contributed by atoms with Crippen molar-refractivity contribution in [2.75, 3.05) is 11.9 Å². The molecule has 23 heavy (non-hydrogen) atoms. The van der Waals surface area contributed by atoms with E-state index in [1.165, 1.54) is 9.75 Å². The molecule has 0 aliphatic heterocycles. The van der Waals surface area contributed by atoms with Crippen molar-refractivity contribution < 1.29 is 4.79 Å². The van der Waals surface area contributed by atoms with E-state index in [0.717, 1.165) is 18.8 Å². The molecule has 0 atom stereocenters. The molecule has 3 rings (SSSR count). The number of carbonyl (C=O) groups is 1. The lowest BCUT2D eigenvalue weighted by atomic mass is 10.3. The lowest BCUT2D eigenvalue weighted by Gasteiger charge is -2.20. The lowest BCUT2D eigenvalue weighted by molar-refractivity contribution is -0.117. The van der Waals surface area contributed by atoms with Crippen LogP contribution in [0.25, 0.3) is 0 Å². The summed E-state index contributed by atoms with van der Waals surface area (Å²) < 4.78 is 0. The molecule has 3 nitrogen and oxygen atoms in total. The van der Waals surface area contributed by atoms with Crippen LogP contribution >= 0.6 is 22.7 Å². The monoisotopic (exact) mass is 342 g/mol. The van der Waals surface area contributed by atoms with Gasteiger partial charge in [0.15, 0.2) is 0 Å². The molecule has 1 amide bonds. The van der Waals surface area contributed by atoms with Crippen LogP contribution in [0.2, 0.25) is 0 Å². The zero-order valence-corrected chi connectivity index (χ0v) is 14.3. The summed E-state index contributed by atoms with van der Waals surface area (Å²) in [5, 5.41) is 7.10. The van der Waals surface area contributed by atoms with E-state index >= 15 is 0 Å². The number of carbonyl (C=O) groups excluding carboxylic acids is 1. The average Bonchev–Trinajstić information content (AvgIpc) is 3.22. The van der Waals surface area contributed by atoms with Gasteiger partial charge in [0.2, 0.25) is 5.91 Å². The summed E-state index contributed by atoms with van der Waals surface area (Å²) in [4.78, 5) is 17.1. The van der Waals surface area contributed by atoms with Gasteiger partial charge >= 0.3 is 0 Å². The van der Waals surface area contributed by atoms with Gasteiger partial charge in [-0.2, -0.15) is 0 Å². The van der Waals surface area contributed by atoms with Gasteiger partial charge in [-0.05, 0) is 35.0 Å². The second-order valence-corrected chi connectivity index (χ2v) is 7.28. The number of para-hydroxylation sites is 1. The van der Waals surface area contributed by atoms with Crippen LogP contribution in [0.1, 0.15) is 9.75 Å². The molecule has 0 fully saturated rings. The molecule has 0 spiro atoms. The van der Waals surface area contributed by atoms with E-state index in [1.54, 1.807) is 22.7 Å². The van der Waals surface area contributed by atoms with Crippen molar-refractivity contribution in [1.29, 1.82) is 0 Å². The Hall–Kier alpha value is -1.95. The van der Waals surface area contributed by atoms with Gasteiger partial charge in [-0.25, -0.2) is 0 Å². The Balaban J connectivity index is 1.63. The molecular formula is C18H18N2OS2. The second-order valence-electron chi connectivity index (χ2n) is 5.22. The highest BCUT2D eigenvalue weighted by molar-refractivity contribution is 7.10. The number of amides is 1. The maximum atomic E-state index is 12.3. The second kappa shape index (κ2) is 8.06. The fourth-order valence-electron chi connectivity index (χ4n) is 2.34. The van der Waals surface area contributed by atoms with Crippen molar-refractivity contribution in [2.45, 2.75) is 13.1 Å². The van der Waals surface area contributed by atoms with Crippen molar-refractivity contribution in [3.8, 4) is 0 Å². The van der Waals surface area contributed by atoms with E-state index in [2.05, 4.69) is 33.1 Å². The van der Waals surface area contributed by atoms with E-state index in [9.17, 15) is 4.79 Å². The van der Waals surface area contributed by atoms with Gasteiger partial charge in [-0.1, -0.05) is 30.3 Å². The largest absolute Gasteiger partial charge is 0.325 e. The molecule has 5 heteroatoms. The summed E-state index contributed by atoms with van der Waals surface area (Å²) in [5.41, 5.74) is 0.838.